The van der Waals surface area contributed by atoms with Gasteiger partial charge in [0.05, 0.1) is 11.5 Å². The molecule has 0 bridgehead atoms. The lowest BCUT2D eigenvalue weighted by Crippen LogP contribution is -2.13. The van der Waals surface area contributed by atoms with E-state index < -0.39 is 0 Å². The molecule has 0 saturated heterocycles. The summed E-state index contributed by atoms with van der Waals surface area (Å²) in [4.78, 5) is 10.5. The number of benzene rings is 1. The van der Waals surface area contributed by atoms with Crippen molar-refractivity contribution in [1.82, 2.24) is 0 Å². The first-order valence-electron chi connectivity index (χ1n) is 6.08. The van der Waals surface area contributed by atoms with Crippen LogP contribution < -0.4 is 5.32 Å². The molecule has 0 aliphatic carbocycles. The van der Waals surface area contributed by atoms with Crippen LogP contribution in [0.5, 0.6) is 0 Å². The summed E-state index contributed by atoms with van der Waals surface area (Å²) in [5.41, 5.74) is 1.56. The fraction of sp³-hybridized carbons (Fsp3) is 0.538. The van der Waals surface area contributed by atoms with Crippen molar-refractivity contribution in [2.45, 2.75) is 20.8 Å². The lowest BCUT2D eigenvalue weighted by atomic mass is 10.1. The van der Waals surface area contributed by atoms with E-state index in [9.17, 15) is 10.1 Å². The predicted molar refractivity (Wildman–Crippen MR) is 72.0 cm³/mol. The molecule has 5 nitrogen and oxygen atoms in total. The first-order valence-corrected chi connectivity index (χ1v) is 6.08. The van der Waals surface area contributed by atoms with Crippen LogP contribution >= 0.6 is 0 Å². The van der Waals surface area contributed by atoms with Crippen molar-refractivity contribution in [3.63, 3.8) is 0 Å². The largest absolute Gasteiger partial charge is 0.379 e. The number of aryl methyl sites for hydroxylation is 1. The number of anilines is 1. The number of nitro benzene ring substituents is 1. The minimum absolute atomic E-state index is 0.110. The lowest BCUT2D eigenvalue weighted by Gasteiger charge is -2.11. The van der Waals surface area contributed by atoms with Gasteiger partial charge in [-0.3, -0.25) is 10.1 Å². The van der Waals surface area contributed by atoms with Gasteiger partial charge in [-0.15, -0.1) is 0 Å². The molecule has 0 saturated carbocycles. The smallest absolute Gasteiger partial charge is 0.292 e. The molecule has 1 aromatic carbocycles. The van der Waals surface area contributed by atoms with Gasteiger partial charge >= 0.3 is 0 Å². The maximum atomic E-state index is 10.9. The molecule has 0 fully saturated rings. The quantitative estimate of drug-likeness (QED) is 0.460. The number of hydrogen-bond donors (Lipinski definition) is 1. The van der Waals surface area contributed by atoms with Crippen molar-refractivity contribution in [2.75, 3.05) is 25.1 Å². The molecule has 0 aliphatic rings. The summed E-state index contributed by atoms with van der Waals surface area (Å²) in [6, 6.07) is 5.04. The van der Waals surface area contributed by atoms with Crippen LogP contribution in [-0.2, 0) is 4.74 Å². The van der Waals surface area contributed by atoms with Crippen molar-refractivity contribution in [1.29, 1.82) is 0 Å². The molecular weight excluding hydrogens is 232 g/mol. The van der Waals surface area contributed by atoms with Gasteiger partial charge in [0.25, 0.3) is 5.69 Å². The Bertz CT molecular complexity index is 405. The lowest BCUT2D eigenvalue weighted by molar-refractivity contribution is -0.384. The first-order chi connectivity index (χ1) is 8.52. The van der Waals surface area contributed by atoms with E-state index in [4.69, 9.17) is 4.74 Å². The minimum Gasteiger partial charge on any atom is -0.379 e. The highest BCUT2D eigenvalue weighted by molar-refractivity contribution is 5.65. The zero-order valence-electron chi connectivity index (χ0n) is 11.1. The SMILES string of the molecule is Cc1cccc([N+](=O)[O-])c1NCCOCC(C)C. The van der Waals surface area contributed by atoms with Gasteiger partial charge in [-0.25, -0.2) is 0 Å². The topological polar surface area (TPSA) is 64.4 Å². The third-order valence-corrected chi connectivity index (χ3v) is 2.45. The zero-order valence-corrected chi connectivity index (χ0v) is 11.1. The van der Waals surface area contributed by atoms with Crippen molar-refractivity contribution in [3.05, 3.63) is 33.9 Å². The van der Waals surface area contributed by atoms with E-state index in [2.05, 4.69) is 19.2 Å². The van der Waals surface area contributed by atoms with Crippen LogP contribution in [0.15, 0.2) is 18.2 Å². The molecule has 18 heavy (non-hydrogen) atoms. The van der Waals surface area contributed by atoms with Gasteiger partial charge in [0.15, 0.2) is 0 Å². The molecule has 0 unspecified atom stereocenters. The average Bonchev–Trinajstić information content (AvgIpc) is 2.29. The molecule has 0 aromatic heterocycles. The van der Waals surface area contributed by atoms with Gasteiger partial charge in [-0.1, -0.05) is 26.0 Å². The van der Waals surface area contributed by atoms with Gasteiger partial charge < -0.3 is 10.1 Å². The number of nitro groups is 1. The summed E-state index contributed by atoms with van der Waals surface area (Å²) in [5, 5.41) is 14.0. The normalized spacial score (nSPS) is 10.7. The summed E-state index contributed by atoms with van der Waals surface area (Å²) >= 11 is 0. The van der Waals surface area contributed by atoms with E-state index in [1.165, 1.54) is 6.07 Å². The second-order valence-electron chi connectivity index (χ2n) is 4.62. The summed E-state index contributed by atoms with van der Waals surface area (Å²) in [6.45, 7) is 7.84. The Kier molecular flexibility index (Phi) is 5.58. The minimum atomic E-state index is -0.371. The highest BCUT2D eigenvalue weighted by Crippen LogP contribution is 2.27. The van der Waals surface area contributed by atoms with E-state index in [0.717, 1.165) is 5.56 Å². The van der Waals surface area contributed by atoms with Crippen molar-refractivity contribution in [3.8, 4) is 0 Å². The molecule has 0 spiro atoms. The standard InChI is InChI=1S/C13H20N2O3/c1-10(2)9-18-8-7-14-13-11(3)5-4-6-12(13)15(16)17/h4-6,10,14H,7-9H2,1-3H3. The monoisotopic (exact) mass is 252 g/mol. The molecule has 0 heterocycles. The fourth-order valence-corrected chi connectivity index (χ4v) is 1.60. The fourth-order valence-electron chi connectivity index (χ4n) is 1.60. The van der Waals surface area contributed by atoms with Crippen LogP contribution in [0.1, 0.15) is 19.4 Å². The number of nitrogens with one attached hydrogen (secondary N) is 1. The van der Waals surface area contributed by atoms with Crippen LogP contribution in [0.2, 0.25) is 0 Å². The van der Waals surface area contributed by atoms with Crippen molar-refractivity contribution < 1.29 is 9.66 Å². The number of ether oxygens (including phenoxy) is 1. The van der Waals surface area contributed by atoms with E-state index in [-0.39, 0.29) is 10.6 Å². The number of para-hydroxylation sites is 1. The van der Waals surface area contributed by atoms with Crippen LogP contribution in [0.4, 0.5) is 11.4 Å². The Hall–Kier alpha value is -1.62. The Morgan fingerprint density at radius 1 is 1.44 bits per heavy atom. The Balaban J connectivity index is 2.53. The Morgan fingerprint density at radius 3 is 2.78 bits per heavy atom. The molecule has 0 amide bonds. The molecular formula is C13H20N2O3. The maximum Gasteiger partial charge on any atom is 0.292 e. The van der Waals surface area contributed by atoms with E-state index in [0.29, 0.717) is 31.4 Å². The highest BCUT2D eigenvalue weighted by Gasteiger charge is 2.14. The second kappa shape index (κ2) is 6.96. The third-order valence-electron chi connectivity index (χ3n) is 2.45. The number of nitrogens with zero attached hydrogens (tertiary/aromatic N) is 1. The van der Waals surface area contributed by atoms with Crippen molar-refractivity contribution >= 4 is 11.4 Å². The molecule has 1 N–H and O–H groups in total. The maximum absolute atomic E-state index is 10.9. The summed E-state index contributed by atoms with van der Waals surface area (Å²) < 4.78 is 5.42. The van der Waals surface area contributed by atoms with Gasteiger partial charge in [0.2, 0.25) is 0 Å². The first kappa shape index (κ1) is 14.4. The second-order valence-corrected chi connectivity index (χ2v) is 4.62. The third kappa shape index (κ3) is 4.33. The number of rotatable bonds is 7. The van der Waals surface area contributed by atoms with Crippen LogP contribution in [-0.4, -0.2) is 24.7 Å². The van der Waals surface area contributed by atoms with Gasteiger partial charge in [0.1, 0.15) is 5.69 Å². The summed E-state index contributed by atoms with van der Waals surface area (Å²) in [7, 11) is 0. The molecule has 1 rings (SSSR count). The Labute approximate surface area is 107 Å². The van der Waals surface area contributed by atoms with Gasteiger partial charge in [-0.05, 0) is 18.4 Å². The molecule has 0 atom stereocenters. The Morgan fingerprint density at radius 2 is 2.17 bits per heavy atom. The zero-order chi connectivity index (χ0) is 13.5. The van der Waals surface area contributed by atoms with Crippen molar-refractivity contribution in [2.24, 2.45) is 5.92 Å². The summed E-state index contributed by atoms with van der Waals surface area (Å²) in [6.07, 6.45) is 0. The predicted octanol–water partition coefficient (Wildman–Crippen LogP) is 2.99. The van der Waals surface area contributed by atoms with Crippen LogP contribution in [0.25, 0.3) is 0 Å². The van der Waals surface area contributed by atoms with Crippen LogP contribution in [0, 0.1) is 23.0 Å². The van der Waals surface area contributed by atoms with E-state index in [1.807, 2.05) is 13.0 Å². The van der Waals surface area contributed by atoms with Crippen LogP contribution in [0.3, 0.4) is 0 Å². The van der Waals surface area contributed by atoms with Gasteiger partial charge in [0, 0.05) is 19.2 Å². The molecule has 5 heteroatoms. The summed E-state index contributed by atoms with van der Waals surface area (Å²) in [5.74, 6) is 0.498. The molecule has 0 aliphatic heterocycles. The van der Waals surface area contributed by atoms with E-state index in [1.54, 1.807) is 6.07 Å². The highest BCUT2D eigenvalue weighted by atomic mass is 16.6. The molecule has 0 radical (unpaired) electrons. The molecule has 100 valence electrons. The number of hydrogen-bond acceptors (Lipinski definition) is 4. The average molecular weight is 252 g/mol. The van der Waals surface area contributed by atoms with Gasteiger partial charge in [-0.2, -0.15) is 0 Å². The van der Waals surface area contributed by atoms with E-state index >= 15 is 0 Å². The molecule has 1 aromatic rings.